The molecule has 0 aliphatic carbocycles. The van der Waals surface area contributed by atoms with Crippen molar-refractivity contribution in [2.24, 2.45) is 11.1 Å². The Morgan fingerprint density at radius 1 is 1.42 bits per heavy atom. The van der Waals surface area contributed by atoms with Crippen molar-refractivity contribution in [3.05, 3.63) is 0 Å². The minimum atomic E-state index is 0.414. The van der Waals surface area contributed by atoms with Crippen LogP contribution >= 0.6 is 0 Å². The van der Waals surface area contributed by atoms with Crippen LogP contribution in [0.4, 0.5) is 0 Å². The molecule has 0 aromatic heterocycles. The van der Waals surface area contributed by atoms with Gasteiger partial charge in [0.15, 0.2) is 0 Å². The van der Waals surface area contributed by atoms with Gasteiger partial charge < -0.3 is 10.6 Å². The third-order valence-electron chi connectivity index (χ3n) is 2.24. The van der Waals surface area contributed by atoms with Gasteiger partial charge in [0.2, 0.25) is 0 Å². The topological polar surface area (TPSA) is 29.3 Å². The molecule has 2 N–H and O–H groups in total. The van der Waals surface area contributed by atoms with Crippen molar-refractivity contribution < 1.29 is 0 Å². The molecule has 0 bridgehead atoms. The van der Waals surface area contributed by atoms with Crippen molar-refractivity contribution in [1.29, 1.82) is 0 Å². The van der Waals surface area contributed by atoms with Crippen LogP contribution in [0.2, 0.25) is 0 Å². The van der Waals surface area contributed by atoms with E-state index in [1.807, 2.05) is 0 Å². The van der Waals surface area contributed by atoms with Crippen LogP contribution in [0.3, 0.4) is 0 Å². The van der Waals surface area contributed by atoms with Gasteiger partial charge in [-0.1, -0.05) is 20.8 Å². The summed E-state index contributed by atoms with van der Waals surface area (Å²) in [5, 5.41) is 0. The molecule has 0 aromatic carbocycles. The van der Waals surface area contributed by atoms with Gasteiger partial charge >= 0.3 is 0 Å². The fraction of sp³-hybridized carbons (Fsp3) is 1.00. The Labute approximate surface area is 76.1 Å². The van der Waals surface area contributed by atoms with Gasteiger partial charge in [-0.2, -0.15) is 0 Å². The van der Waals surface area contributed by atoms with Gasteiger partial charge in [-0.3, -0.25) is 0 Å². The maximum Gasteiger partial charge on any atom is 0.0168 e. The Bertz CT molecular complexity index is 137. The largest absolute Gasteiger partial charge is 0.327 e. The molecule has 72 valence electrons. The van der Waals surface area contributed by atoms with Crippen LogP contribution in [-0.4, -0.2) is 30.6 Å². The summed E-state index contributed by atoms with van der Waals surface area (Å²) in [6.45, 7) is 10.4. The van der Waals surface area contributed by atoms with Crippen LogP contribution in [0, 0.1) is 5.41 Å². The highest BCUT2D eigenvalue weighted by molar-refractivity contribution is 4.78. The molecule has 0 spiro atoms. The molecule has 0 radical (unpaired) electrons. The zero-order chi connectivity index (χ0) is 9.19. The Morgan fingerprint density at radius 2 is 2.08 bits per heavy atom. The Morgan fingerprint density at radius 3 is 2.58 bits per heavy atom. The van der Waals surface area contributed by atoms with Crippen molar-refractivity contribution in [2.75, 3.05) is 19.6 Å². The fourth-order valence-corrected chi connectivity index (χ4v) is 1.91. The molecule has 1 rings (SSSR count). The van der Waals surface area contributed by atoms with Gasteiger partial charge in [0.05, 0.1) is 0 Å². The van der Waals surface area contributed by atoms with Gasteiger partial charge in [-0.05, 0) is 24.8 Å². The third kappa shape index (κ3) is 3.55. The minimum Gasteiger partial charge on any atom is -0.327 e. The maximum atomic E-state index is 5.90. The van der Waals surface area contributed by atoms with E-state index < -0.39 is 0 Å². The lowest BCUT2D eigenvalue weighted by Crippen LogP contribution is -2.45. The Hall–Kier alpha value is -0.0800. The monoisotopic (exact) mass is 170 g/mol. The van der Waals surface area contributed by atoms with Crippen LogP contribution in [0.1, 0.15) is 33.6 Å². The zero-order valence-electron chi connectivity index (χ0n) is 8.64. The Kier molecular flexibility index (Phi) is 3.13. The van der Waals surface area contributed by atoms with E-state index in [0.29, 0.717) is 11.5 Å². The molecular weight excluding hydrogens is 148 g/mol. The number of nitrogens with zero attached hydrogens (tertiary/aromatic N) is 1. The number of nitrogens with two attached hydrogens (primary N) is 1. The summed E-state index contributed by atoms with van der Waals surface area (Å²) in [5.74, 6) is 0. The highest BCUT2D eigenvalue weighted by atomic mass is 15.1. The van der Waals surface area contributed by atoms with E-state index in [1.165, 1.54) is 25.9 Å². The van der Waals surface area contributed by atoms with Crippen LogP contribution < -0.4 is 5.73 Å². The summed E-state index contributed by atoms with van der Waals surface area (Å²) in [6.07, 6.45) is 2.48. The van der Waals surface area contributed by atoms with Crippen LogP contribution in [0.15, 0.2) is 0 Å². The summed E-state index contributed by atoms with van der Waals surface area (Å²) in [7, 11) is 0. The number of rotatable bonds is 1. The summed E-state index contributed by atoms with van der Waals surface area (Å²) >= 11 is 0. The second kappa shape index (κ2) is 3.75. The first-order valence-electron chi connectivity index (χ1n) is 4.95. The van der Waals surface area contributed by atoms with Crippen molar-refractivity contribution in [3.63, 3.8) is 0 Å². The normalized spacial score (nSPS) is 27.5. The fourth-order valence-electron chi connectivity index (χ4n) is 1.91. The summed E-state index contributed by atoms with van der Waals surface area (Å²) in [6, 6.07) is 0.418. The SMILES string of the molecule is CC(C)(C)CN1CCCC(N)C1. The van der Waals surface area contributed by atoms with Gasteiger partial charge in [0.25, 0.3) is 0 Å². The summed E-state index contributed by atoms with van der Waals surface area (Å²) in [5.41, 5.74) is 6.32. The highest BCUT2D eigenvalue weighted by Gasteiger charge is 2.21. The van der Waals surface area contributed by atoms with Crippen molar-refractivity contribution >= 4 is 0 Å². The molecule has 1 fully saturated rings. The van der Waals surface area contributed by atoms with Crippen LogP contribution in [0.5, 0.6) is 0 Å². The highest BCUT2D eigenvalue weighted by Crippen LogP contribution is 2.18. The molecule has 0 saturated carbocycles. The quantitative estimate of drug-likeness (QED) is 0.645. The molecule has 12 heavy (non-hydrogen) atoms. The van der Waals surface area contributed by atoms with Crippen molar-refractivity contribution in [2.45, 2.75) is 39.7 Å². The van der Waals surface area contributed by atoms with E-state index in [2.05, 4.69) is 25.7 Å². The van der Waals surface area contributed by atoms with E-state index in [0.717, 1.165) is 6.54 Å². The smallest absolute Gasteiger partial charge is 0.0168 e. The predicted octanol–water partition coefficient (Wildman–Crippen LogP) is 1.46. The first-order chi connectivity index (χ1) is 5.47. The minimum absolute atomic E-state index is 0.414. The molecule has 1 unspecified atom stereocenters. The van der Waals surface area contributed by atoms with Crippen molar-refractivity contribution in [1.82, 2.24) is 4.90 Å². The molecule has 0 aromatic rings. The maximum absolute atomic E-state index is 5.90. The molecule has 0 amide bonds. The van der Waals surface area contributed by atoms with Gasteiger partial charge in [-0.25, -0.2) is 0 Å². The van der Waals surface area contributed by atoms with E-state index in [1.54, 1.807) is 0 Å². The molecule has 1 aliphatic rings. The second-order valence-electron chi connectivity index (χ2n) is 5.20. The van der Waals surface area contributed by atoms with Gasteiger partial charge in [0, 0.05) is 19.1 Å². The molecule has 2 nitrogen and oxygen atoms in total. The lowest BCUT2D eigenvalue weighted by Gasteiger charge is -2.35. The third-order valence-corrected chi connectivity index (χ3v) is 2.24. The average molecular weight is 170 g/mol. The van der Waals surface area contributed by atoms with Crippen LogP contribution in [0.25, 0.3) is 0 Å². The first kappa shape index (κ1) is 10.0. The van der Waals surface area contributed by atoms with Gasteiger partial charge in [0.1, 0.15) is 0 Å². The van der Waals surface area contributed by atoms with E-state index in [4.69, 9.17) is 5.73 Å². The lowest BCUT2D eigenvalue weighted by atomic mass is 9.94. The van der Waals surface area contributed by atoms with Gasteiger partial charge in [-0.15, -0.1) is 0 Å². The molecular formula is C10H22N2. The van der Waals surface area contributed by atoms with E-state index in [-0.39, 0.29) is 0 Å². The molecule has 1 atom stereocenters. The predicted molar refractivity (Wildman–Crippen MR) is 53.1 cm³/mol. The summed E-state index contributed by atoms with van der Waals surface area (Å²) < 4.78 is 0. The number of hydrogen-bond donors (Lipinski definition) is 1. The molecule has 1 aliphatic heterocycles. The Balaban J connectivity index is 2.32. The number of piperidine rings is 1. The summed E-state index contributed by atoms with van der Waals surface area (Å²) in [4.78, 5) is 2.49. The van der Waals surface area contributed by atoms with Crippen LogP contribution in [-0.2, 0) is 0 Å². The lowest BCUT2D eigenvalue weighted by molar-refractivity contribution is 0.152. The van der Waals surface area contributed by atoms with Crippen molar-refractivity contribution in [3.8, 4) is 0 Å². The van der Waals surface area contributed by atoms with E-state index in [9.17, 15) is 0 Å². The average Bonchev–Trinajstić information content (AvgIpc) is 1.82. The molecule has 2 heteroatoms. The molecule has 1 saturated heterocycles. The first-order valence-corrected chi connectivity index (χ1v) is 4.95. The zero-order valence-corrected chi connectivity index (χ0v) is 8.64. The molecule has 1 heterocycles. The number of hydrogen-bond acceptors (Lipinski definition) is 2. The number of likely N-dealkylation sites (tertiary alicyclic amines) is 1. The van der Waals surface area contributed by atoms with E-state index >= 15 is 0 Å². The second-order valence-corrected chi connectivity index (χ2v) is 5.20. The standard InChI is InChI=1S/C10H22N2/c1-10(2,3)8-12-6-4-5-9(11)7-12/h9H,4-8,11H2,1-3H3.